The number of rotatable bonds is 6. The number of fused-ring (bicyclic) bond motifs is 3. The van der Waals surface area contributed by atoms with Crippen LogP contribution in [0.3, 0.4) is 0 Å². The molecular formula is C31H40N2O2. The van der Waals surface area contributed by atoms with E-state index in [1.165, 1.54) is 69.2 Å². The van der Waals surface area contributed by atoms with E-state index in [9.17, 15) is 4.79 Å². The van der Waals surface area contributed by atoms with Crippen LogP contribution in [0.1, 0.15) is 74.3 Å². The van der Waals surface area contributed by atoms with Crippen LogP contribution in [-0.4, -0.2) is 60.1 Å². The lowest BCUT2D eigenvalue weighted by molar-refractivity contribution is -0.170. The van der Waals surface area contributed by atoms with Crippen LogP contribution in [-0.2, 0) is 9.53 Å². The Morgan fingerprint density at radius 1 is 0.743 bits per heavy atom. The smallest absolute Gasteiger partial charge is 0.320 e. The summed E-state index contributed by atoms with van der Waals surface area (Å²) in [6, 6.07) is 22.2. The first-order chi connectivity index (χ1) is 17.2. The van der Waals surface area contributed by atoms with Crippen LogP contribution in [0.25, 0.3) is 0 Å². The first-order valence-electron chi connectivity index (χ1n) is 14.0. The standard InChI is InChI=1S/C31H40N2O2/c34-29(23-32-16-10-11-17-32)35-28-22-31(33-18-8-3-9-19-33)20-26(24-12-4-1-5-13-24)30(28)27(21-31)25-14-6-2-7-15-25/h1-2,4-7,12-15,26-28,30H,3,8-11,16-23H2. The van der Waals surface area contributed by atoms with E-state index in [2.05, 4.69) is 70.5 Å². The van der Waals surface area contributed by atoms with Gasteiger partial charge < -0.3 is 4.74 Å². The zero-order chi connectivity index (χ0) is 23.7. The van der Waals surface area contributed by atoms with Crippen LogP contribution < -0.4 is 0 Å². The number of carbonyl (C=O) groups is 1. The maximum absolute atomic E-state index is 13.2. The topological polar surface area (TPSA) is 32.8 Å². The van der Waals surface area contributed by atoms with Crippen molar-refractivity contribution < 1.29 is 9.53 Å². The third-order valence-electron chi connectivity index (χ3n) is 9.46. The molecule has 4 heteroatoms. The van der Waals surface area contributed by atoms with Gasteiger partial charge in [-0.25, -0.2) is 0 Å². The van der Waals surface area contributed by atoms with Gasteiger partial charge in [-0.1, -0.05) is 67.1 Å². The molecule has 0 aromatic heterocycles. The van der Waals surface area contributed by atoms with E-state index >= 15 is 0 Å². The molecule has 0 radical (unpaired) electrons. The number of hydrogen-bond acceptors (Lipinski definition) is 4. The van der Waals surface area contributed by atoms with Crippen LogP contribution >= 0.6 is 0 Å². The Bertz CT molecular complexity index is 932. The molecule has 4 nitrogen and oxygen atoms in total. The van der Waals surface area contributed by atoms with Gasteiger partial charge in [0, 0.05) is 17.9 Å². The lowest BCUT2D eigenvalue weighted by atomic mass is 9.51. The fourth-order valence-electron chi connectivity index (χ4n) is 7.94. The zero-order valence-corrected chi connectivity index (χ0v) is 21.0. The van der Waals surface area contributed by atoms with Crippen molar-refractivity contribution >= 4 is 5.97 Å². The minimum absolute atomic E-state index is 0.0168. The number of carbonyl (C=O) groups excluding carboxylic acids is 1. The normalized spacial score (nSPS) is 33.6. The average molecular weight is 473 g/mol. The highest BCUT2D eigenvalue weighted by molar-refractivity contribution is 5.72. The highest BCUT2D eigenvalue weighted by Gasteiger charge is 2.59. The van der Waals surface area contributed by atoms with Crippen LogP contribution in [0, 0.1) is 5.92 Å². The van der Waals surface area contributed by atoms with Crippen molar-refractivity contribution in [2.24, 2.45) is 5.92 Å². The lowest BCUT2D eigenvalue weighted by Crippen LogP contribution is -2.64. The first kappa shape index (κ1) is 23.2. The monoisotopic (exact) mass is 472 g/mol. The van der Waals surface area contributed by atoms with Crippen molar-refractivity contribution in [2.45, 2.75) is 74.8 Å². The molecule has 2 aromatic carbocycles. The van der Waals surface area contributed by atoms with Crippen LogP contribution in [0.15, 0.2) is 60.7 Å². The molecule has 3 saturated carbocycles. The van der Waals surface area contributed by atoms with Gasteiger partial charge in [0.15, 0.2) is 0 Å². The fourth-order valence-corrected chi connectivity index (χ4v) is 7.94. The van der Waals surface area contributed by atoms with E-state index in [1.54, 1.807) is 0 Å². The summed E-state index contributed by atoms with van der Waals surface area (Å²) in [6.07, 6.45) is 9.66. The van der Waals surface area contributed by atoms with E-state index in [4.69, 9.17) is 4.74 Å². The summed E-state index contributed by atoms with van der Waals surface area (Å²) in [5, 5.41) is 0. The van der Waals surface area contributed by atoms with Gasteiger partial charge in [0.25, 0.3) is 0 Å². The number of nitrogens with zero attached hydrogens (tertiary/aromatic N) is 2. The van der Waals surface area contributed by atoms with Crippen molar-refractivity contribution in [3.05, 3.63) is 71.8 Å². The third kappa shape index (κ3) is 4.68. The molecule has 2 heterocycles. The summed E-state index contributed by atoms with van der Waals surface area (Å²) in [5.74, 6) is 1.14. The molecular weight excluding hydrogens is 432 g/mol. The number of benzene rings is 2. The second-order valence-corrected chi connectivity index (χ2v) is 11.5. The lowest BCUT2D eigenvalue weighted by Gasteiger charge is -2.62. The Morgan fingerprint density at radius 2 is 1.29 bits per heavy atom. The summed E-state index contributed by atoms with van der Waals surface area (Å²) in [5.41, 5.74) is 2.94. The highest BCUT2D eigenvalue weighted by atomic mass is 16.5. The molecule has 3 aliphatic carbocycles. The van der Waals surface area contributed by atoms with E-state index in [0.717, 1.165) is 19.5 Å². The minimum atomic E-state index is -0.0232. The van der Waals surface area contributed by atoms with Crippen molar-refractivity contribution in [2.75, 3.05) is 32.7 Å². The molecule has 5 aliphatic rings. The number of esters is 1. The predicted molar refractivity (Wildman–Crippen MR) is 139 cm³/mol. The maximum Gasteiger partial charge on any atom is 0.320 e. The summed E-state index contributed by atoms with van der Waals surface area (Å²) in [7, 11) is 0. The summed E-state index contributed by atoms with van der Waals surface area (Å²) in [4.78, 5) is 18.3. The number of ether oxygens (including phenoxy) is 1. The van der Waals surface area contributed by atoms with E-state index in [-0.39, 0.29) is 17.6 Å². The molecule has 35 heavy (non-hydrogen) atoms. The fraction of sp³-hybridized carbons (Fsp3) is 0.581. The predicted octanol–water partition coefficient (Wildman–Crippen LogP) is 5.60. The van der Waals surface area contributed by atoms with Gasteiger partial charge in [-0.2, -0.15) is 0 Å². The van der Waals surface area contributed by atoms with Gasteiger partial charge in [0.05, 0.1) is 6.54 Å². The Labute approximate surface area is 210 Å². The number of piperidine rings is 1. The van der Waals surface area contributed by atoms with E-state index in [0.29, 0.717) is 24.3 Å². The molecule has 2 bridgehead atoms. The maximum atomic E-state index is 13.2. The number of hydrogen-bond donors (Lipinski definition) is 0. The summed E-state index contributed by atoms with van der Waals surface area (Å²) in [6.45, 7) is 4.87. The second kappa shape index (κ2) is 10.1. The molecule has 186 valence electrons. The Balaban J connectivity index is 1.37. The average Bonchev–Trinajstić information content (AvgIpc) is 3.43. The van der Waals surface area contributed by atoms with Crippen molar-refractivity contribution in [1.29, 1.82) is 0 Å². The first-order valence-corrected chi connectivity index (χ1v) is 14.0. The molecule has 2 aromatic rings. The van der Waals surface area contributed by atoms with Gasteiger partial charge in [-0.15, -0.1) is 0 Å². The largest absolute Gasteiger partial charge is 0.461 e. The van der Waals surface area contributed by atoms with Crippen LogP contribution in [0.2, 0.25) is 0 Å². The summed E-state index contributed by atoms with van der Waals surface area (Å²) < 4.78 is 6.50. The molecule has 5 fully saturated rings. The Morgan fingerprint density at radius 3 is 1.86 bits per heavy atom. The quantitative estimate of drug-likeness (QED) is 0.513. The van der Waals surface area contributed by atoms with Gasteiger partial charge in [-0.05, 0) is 87.7 Å². The van der Waals surface area contributed by atoms with Crippen LogP contribution in [0.5, 0.6) is 0 Å². The molecule has 3 atom stereocenters. The molecule has 3 unspecified atom stereocenters. The zero-order valence-electron chi connectivity index (χ0n) is 21.0. The van der Waals surface area contributed by atoms with Crippen molar-refractivity contribution in [3.63, 3.8) is 0 Å². The van der Waals surface area contributed by atoms with Gasteiger partial charge >= 0.3 is 5.97 Å². The van der Waals surface area contributed by atoms with E-state index in [1.807, 2.05) is 0 Å². The molecule has 0 amide bonds. The second-order valence-electron chi connectivity index (χ2n) is 11.5. The summed E-state index contributed by atoms with van der Waals surface area (Å²) >= 11 is 0. The third-order valence-corrected chi connectivity index (χ3v) is 9.46. The molecule has 2 saturated heterocycles. The molecule has 7 rings (SSSR count). The Hall–Kier alpha value is -2.17. The van der Waals surface area contributed by atoms with Crippen LogP contribution in [0.4, 0.5) is 0 Å². The Kier molecular flexibility index (Phi) is 6.68. The van der Waals surface area contributed by atoms with Crippen molar-refractivity contribution in [1.82, 2.24) is 9.80 Å². The number of likely N-dealkylation sites (tertiary alicyclic amines) is 2. The molecule has 0 spiro atoms. The van der Waals surface area contributed by atoms with Gasteiger partial charge in [0.2, 0.25) is 0 Å². The van der Waals surface area contributed by atoms with Crippen molar-refractivity contribution in [3.8, 4) is 0 Å². The minimum Gasteiger partial charge on any atom is -0.461 e. The molecule has 2 aliphatic heterocycles. The highest BCUT2D eigenvalue weighted by Crippen LogP contribution is 2.60. The van der Waals surface area contributed by atoms with Gasteiger partial charge in [0.1, 0.15) is 6.10 Å². The van der Waals surface area contributed by atoms with Gasteiger partial charge in [-0.3, -0.25) is 14.6 Å². The molecule has 0 N–H and O–H groups in total. The van der Waals surface area contributed by atoms with E-state index < -0.39 is 0 Å². The SMILES string of the molecule is O=C(CN1CCCC1)OC1CC2(N3CCCCC3)CC(c3ccccc3)C1C(c1ccccc1)C2.